The van der Waals surface area contributed by atoms with Crippen molar-refractivity contribution >= 4 is 0 Å². The molecule has 0 aliphatic heterocycles. The molecular weight excluding hydrogens is 240 g/mol. The van der Waals surface area contributed by atoms with Gasteiger partial charge >= 0.3 is 0 Å². The molecule has 3 rings (SSSR count). The first-order chi connectivity index (χ1) is 9.27. The molecule has 0 amide bonds. The van der Waals surface area contributed by atoms with E-state index >= 15 is 0 Å². The van der Waals surface area contributed by atoms with E-state index in [1.54, 1.807) is 24.0 Å². The Morgan fingerprint density at radius 1 is 0.947 bits per heavy atom. The summed E-state index contributed by atoms with van der Waals surface area (Å²) < 4.78 is 3.19. The van der Waals surface area contributed by atoms with E-state index in [1.165, 1.54) is 4.68 Å². The minimum absolute atomic E-state index is 0.185. The van der Waals surface area contributed by atoms with Crippen molar-refractivity contribution in [3.8, 4) is 11.3 Å². The minimum Gasteiger partial charge on any atom is -0.265 e. The Morgan fingerprint density at radius 2 is 1.63 bits per heavy atom. The Hall–Kier alpha value is -2.69. The van der Waals surface area contributed by atoms with Crippen LogP contribution in [0.3, 0.4) is 0 Å². The maximum absolute atomic E-state index is 12.5. The number of hydrogen-bond acceptors (Lipinski definition) is 3. The summed E-state index contributed by atoms with van der Waals surface area (Å²) in [5.41, 5.74) is 0.927. The molecule has 0 fully saturated rings. The van der Waals surface area contributed by atoms with E-state index in [4.69, 9.17) is 0 Å². The zero-order chi connectivity index (χ0) is 13.2. The van der Waals surface area contributed by atoms with Crippen molar-refractivity contribution in [2.45, 2.75) is 6.92 Å². The largest absolute Gasteiger partial charge is 0.299 e. The molecule has 0 saturated carbocycles. The molecule has 1 aromatic carbocycles. The van der Waals surface area contributed by atoms with Crippen LogP contribution in [-0.2, 0) is 0 Å². The maximum Gasteiger partial charge on any atom is 0.299 e. The molecule has 2 heterocycles. The number of aryl methyl sites for hydroxylation is 1. The summed E-state index contributed by atoms with van der Waals surface area (Å²) in [6.07, 6.45) is 3.59. The first kappa shape index (κ1) is 11.4. The fraction of sp³-hybridized carbons (Fsp3) is 0.0714. The smallest absolute Gasteiger partial charge is 0.265 e. The molecule has 0 atom stereocenters. The Balaban J connectivity index is 2.26. The fourth-order valence-corrected chi connectivity index (χ4v) is 1.96. The Kier molecular flexibility index (Phi) is 2.72. The second-order valence-electron chi connectivity index (χ2n) is 4.14. The maximum atomic E-state index is 12.5. The second-order valence-corrected chi connectivity index (χ2v) is 4.14. The minimum atomic E-state index is -0.185. The summed E-state index contributed by atoms with van der Waals surface area (Å²) in [5, 5.41) is 8.09. The number of aromatic nitrogens is 4. The molecule has 0 aliphatic rings. The quantitative estimate of drug-likeness (QED) is 0.698. The topological polar surface area (TPSA) is 52.7 Å². The van der Waals surface area contributed by atoms with Gasteiger partial charge in [0.2, 0.25) is 0 Å². The number of hydrogen-bond donors (Lipinski definition) is 0. The molecule has 5 heteroatoms. The van der Waals surface area contributed by atoms with Gasteiger partial charge in [-0.2, -0.15) is 4.68 Å². The molecule has 0 aliphatic carbocycles. The lowest BCUT2D eigenvalue weighted by molar-refractivity contribution is 0.580. The summed E-state index contributed by atoms with van der Waals surface area (Å²) in [6, 6.07) is 13.0. The van der Waals surface area contributed by atoms with Crippen LogP contribution in [0.1, 0.15) is 5.82 Å². The Morgan fingerprint density at radius 3 is 2.32 bits per heavy atom. The van der Waals surface area contributed by atoms with Crippen LogP contribution in [0.25, 0.3) is 11.3 Å². The van der Waals surface area contributed by atoms with E-state index in [1.807, 2.05) is 42.5 Å². The van der Waals surface area contributed by atoms with Crippen molar-refractivity contribution in [3.05, 3.63) is 71.0 Å². The van der Waals surface area contributed by atoms with Gasteiger partial charge in [-0.05, 0) is 19.1 Å². The number of rotatable bonds is 2. The van der Waals surface area contributed by atoms with Crippen molar-refractivity contribution in [1.82, 2.24) is 19.5 Å². The summed E-state index contributed by atoms with van der Waals surface area (Å²) in [5.74, 6) is 0.542. The molecule has 94 valence electrons. The van der Waals surface area contributed by atoms with E-state index in [0.717, 1.165) is 5.56 Å². The molecule has 19 heavy (non-hydrogen) atoms. The van der Waals surface area contributed by atoms with Crippen LogP contribution >= 0.6 is 0 Å². The summed E-state index contributed by atoms with van der Waals surface area (Å²) in [6.45, 7) is 1.75. The second kappa shape index (κ2) is 4.53. The first-order valence-electron chi connectivity index (χ1n) is 5.93. The fourth-order valence-electron chi connectivity index (χ4n) is 1.96. The van der Waals surface area contributed by atoms with Gasteiger partial charge in [-0.25, -0.2) is 0 Å². The molecule has 0 bridgehead atoms. The van der Waals surface area contributed by atoms with E-state index in [2.05, 4.69) is 10.2 Å². The van der Waals surface area contributed by atoms with Gasteiger partial charge in [-0.1, -0.05) is 30.3 Å². The monoisotopic (exact) mass is 252 g/mol. The van der Waals surface area contributed by atoms with Crippen LogP contribution in [0, 0.1) is 6.92 Å². The zero-order valence-corrected chi connectivity index (χ0v) is 10.4. The van der Waals surface area contributed by atoms with E-state index < -0.39 is 0 Å². The average molecular weight is 252 g/mol. The van der Waals surface area contributed by atoms with Crippen molar-refractivity contribution in [1.29, 1.82) is 0 Å². The van der Waals surface area contributed by atoms with Crippen LogP contribution in [0.5, 0.6) is 0 Å². The van der Waals surface area contributed by atoms with E-state index in [-0.39, 0.29) is 5.56 Å². The lowest BCUT2D eigenvalue weighted by Crippen LogP contribution is -2.30. The summed E-state index contributed by atoms with van der Waals surface area (Å²) in [4.78, 5) is 12.5. The van der Waals surface area contributed by atoms with Gasteiger partial charge in [0.1, 0.15) is 0 Å². The molecule has 2 aromatic heterocycles. The zero-order valence-electron chi connectivity index (χ0n) is 10.4. The van der Waals surface area contributed by atoms with E-state index in [9.17, 15) is 4.79 Å². The average Bonchev–Trinajstić information content (AvgIpc) is 2.94. The molecular formula is C14H12N4O. The van der Waals surface area contributed by atoms with Crippen LogP contribution in [0.15, 0.2) is 59.7 Å². The predicted octanol–water partition coefficient (Wildman–Crippen LogP) is 1.73. The highest BCUT2D eigenvalue weighted by Gasteiger charge is 2.11. The van der Waals surface area contributed by atoms with Crippen LogP contribution in [0.4, 0.5) is 0 Å². The molecule has 0 radical (unpaired) electrons. The lowest BCUT2D eigenvalue weighted by atomic mass is 10.2. The highest BCUT2D eigenvalue weighted by atomic mass is 16.1. The van der Waals surface area contributed by atoms with Gasteiger partial charge < -0.3 is 0 Å². The molecule has 5 nitrogen and oxygen atoms in total. The van der Waals surface area contributed by atoms with Gasteiger partial charge in [-0.15, -0.1) is 10.2 Å². The van der Waals surface area contributed by atoms with Gasteiger partial charge in [0.25, 0.3) is 5.56 Å². The third-order valence-corrected chi connectivity index (χ3v) is 2.86. The van der Waals surface area contributed by atoms with Gasteiger partial charge in [0.05, 0.1) is 0 Å². The van der Waals surface area contributed by atoms with Gasteiger partial charge in [-0.3, -0.25) is 9.47 Å². The molecule has 3 aromatic rings. The summed E-state index contributed by atoms with van der Waals surface area (Å²) in [7, 11) is 0. The van der Waals surface area contributed by atoms with Crippen molar-refractivity contribution in [2.75, 3.05) is 0 Å². The normalized spacial score (nSPS) is 10.6. The Labute approximate surface area is 109 Å². The lowest BCUT2D eigenvalue weighted by Gasteiger charge is -2.10. The molecule has 0 N–H and O–H groups in total. The molecule has 0 spiro atoms. The third kappa shape index (κ3) is 1.95. The van der Waals surface area contributed by atoms with E-state index in [0.29, 0.717) is 11.5 Å². The van der Waals surface area contributed by atoms with Crippen LogP contribution in [0.2, 0.25) is 0 Å². The van der Waals surface area contributed by atoms with Crippen molar-refractivity contribution in [3.63, 3.8) is 0 Å². The SMILES string of the molecule is Cc1nnc(-c2ccccc2)c(=O)n1-n1cccc1. The van der Waals surface area contributed by atoms with Gasteiger partial charge in [0.15, 0.2) is 11.5 Å². The highest BCUT2D eigenvalue weighted by molar-refractivity contribution is 5.57. The first-order valence-corrected chi connectivity index (χ1v) is 5.93. The molecule has 0 saturated heterocycles. The van der Waals surface area contributed by atoms with Crippen LogP contribution < -0.4 is 5.56 Å². The predicted molar refractivity (Wildman–Crippen MR) is 71.7 cm³/mol. The molecule has 0 unspecified atom stereocenters. The highest BCUT2D eigenvalue weighted by Crippen LogP contribution is 2.11. The van der Waals surface area contributed by atoms with Crippen molar-refractivity contribution in [2.24, 2.45) is 0 Å². The van der Waals surface area contributed by atoms with Gasteiger partial charge in [0, 0.05) is 18.0 Å². The number of nitrogens with zero attached hydrogens (tertiary/aromatic N) is 4. The van der Waals surface area contributed by atoms with Crippen molar-refractivity contribution < 1.29 is 0 Å². The standard InChI is InChI=1S/C14H12N4O/c1-11-15-16-13(12-7-3-2-4-8-12)14(19)18(11)17-9-5-6-10-17/h2-10H,1H3. The third-order valence-electron chi connectivity index (χ3n) is 2.86. The Bertz CT molecular complexity index is 745. The summed E-state index contributed by atoms with van der Waals surface area (Å²) >= 11 is 0. The van der Waals surface area contributed by atoms with Crippen LogP contribution in [-0.4, -0.2) is 19.5 Å². The number of benzene rings is 1.